The maximum Gasteiger partial charge on any atom is 0.250 e. The first-order valence-corrected chi connectivity index (χ1v) is 10.5. The number of likely N-dealkylation sites (N-methyl/N-ethyl adjacent to an activating group) is 1. The highest BCUT2D eigenvalue weighted by Crippen LogP contribution is 2.38. The lowest BCUT2D eigenvalue weighted by Gasteiger charge is -2.22. The van der Waals surface area contributed by atoms with Gasteiger partial charge in [-0.05, 0) is 38.4 Å². The zero-order chi connectivity index (χ0) is 21.3. The van der Waals surface area contributed by atoms with Crippen LogP contribution in [0.4, 0.5) is 5.13 Å². The number of halogens is 1. The Kier molecular flexibility index (Phi) is 5.85. The number of carbonyl (C=O) groups excluding carboxylic acids is 1. The molecule has 2 aromatic carbocycles. The summed E-state index contributed by atoms with van der Waals surface area (Å²) >= 11 is 7.75. The zero-order valence-electron chi connectivity index (χ0n) is 16.9. The molecule has 8 nitrogen and oxygen atoms in total. The van der Waals surface area contributed by atoms with E-state index in [0.717, 1.165) is 15.7 Å². The van der Waals surface area contributed by atoms with Crippen molar-refractivity contribution in [2.75, 3.05) is 39.2 Å². The van der Waals surface area contributed by atoms with Crippen molar-refractivity contribution in [3.63, 3.8) is 0 Å². The number of benzene rings is 2. The van der Waals surface area contributed by atoms with E-state index in [1.54, 1.807) is 28.8 Å². The fourth-order valence-electron chi connectivity index (χ4n) is 3.10. The minimum Gasteiger partial charge on any atom is -0.494 e. The van der Waals surface area contributed by atoms with Gasteiger partial charge in [0.25, 0.3) is 5.91 Å². The third kappa shape index (κ3) is 3.96. The van der Waals surface area contributed by atoms with E-state index in [2.05, 4.69) is 15.3 Å². The Hall–Kier alpha value is -2.75. The molecule has 4 aromatic rings. The fraction of sp³-hybridized carbons (Fsp3) is 0.300. The molecule has 0 spiro atoms. The molecular formula is C20H21ClN6O2S. The first-order chi connectivity index (χ1) is 14.5. The standard InChI is InChI=1S/C20H21ClN6O2S/c1-25(2)10-11-26(17(28)12-27-15-7-5-4-6-14(15)23-24-27)20-22-18-16(29-3)9-8-13(21)19(18)30-20/h4-9H,10-12H2,1-3H3. The highest BCUT2D eigenvalue weighted by molar-refractivity contribution is 7.23. The fourth-order valence-corrected chi connectivity index (χ4v) is 4.40. The summed E-state index contributed by atoms with van der Waals surface area (Å²) in [5.74, 6) is 0.501. The van der Waals surface area contributed by atoms with Crippen molar-refractivity contribution in [1.82, 2.24) is 24.9 Å². The predicted octanol–water partition coefficient (Wildman–Crippen LogP) is 3.30. The third-order valence-electron chi connectivity index (χ3n) is 4.68. The second kappa shape index (κ2) is 8.55. The minimum atomic E-state index is -0.123. The topological polar surface area (TPSA) is 76.4 Å². The number of fused-ring (bicyclic) bond motifs is 2. The summed E-state index contributed by atoms with van der Waals surface area (Å²) in [6, 6.07) is 11.1. The number of methoxy groups -OCH3 is 1. The first kappa shape index (κ1) is 20.5. The van der Waals surface area contributed by atoms with Crippen LogP contribution in [-0.2, 0) is 11.3 Å². The number of ether oxygens (including phenoxy) is 1. The van der Waals surface area contributed by atoms with Gasteiger partial charge < -0.3 is 9.64 Å². The molecule has 0 saturated carbocycles. The molecule has 0 aliphatic heterocycles. The van der Waals surface area contributed by atoms with E-state index in [1.807, 2.05) is 43.3 Å². The van der Waals surface area contributed by atoms with Crippen molar-refractivity contribution in [1.29, 1.82) is 0 Å². The molecule has 0 fully saturated rings. The van der Waals surface area contributed by atoms with Crippen molar-refractivity contribution < 1.29 is 9.53 Å². The van der Waals surface area contributed by atoms with Gasteiger partial charge in [0.15, 0.2) is 5.13 Å². The van der Waals surface area contributed by atoms with Gasteiger partial charge in [-0.15, -0.1) is 5.10 Å². The molecule has 10 heteroatoms. The number of amides is 1. The molecule has 2 heterocycles. The quantitative estimate of drug-likeness (QED) is 0.435. The number of thiazole rings is 1. The summed E-state index contributed by atoms with van der Waals surface area (Å²) in [6.07, 6.45) is 0. The Morgan fingerprint density at radius 3 is 2.77 bits per heavy atom. The normalized spacial score (nSPS) is 11.5. The van der Waals surface area contributed by atoms with E-state index >= 15 is 0 Å². The monoisotopic (exact) mass is 444 g/mol. The maximum absolute atomic E-state index is 13.3. The highest BCUT2D eigenvalue weighted by Gasteiger charge is 2.23. The van der Waals surface area contributed by atoms with Crippen LogP contribution in [0.5, 0.6) is 5.75 Å². The van der Waals surface area contributed by atoms with Crippen LogP contribution in [0, 0.1) is 0 Å². The smallest absolute Gasteiger partial charge is 0.250 e. The zero-order valence-corrected chi connectivity index (χ0v) is 18.4. The molecule has 1 amide bonds. The van der Waals surface area contributed by atoms with Crippen molar-refractivity contribution in [2.24, 2.45) is 0 Å². The molecule has 30 heavy (non-hydrogen) atoms. The van der Waals surface area contributed by atoms with Crippen LogP contribution in [-0.4, -0.2) is 65.1 Å². The molecule has 0 saturated heterocycles. The van der Waals surface area contributed by atoms with Gasteiger partial charge in [0.1, 0.15) is 23.3 Å². The van der Waals surface area contributed by atoms with Gasteiger partial charge in [0.2, 0.25) is 0 Å². The predicted molar refractivity (Wildman–Crippen MR) is 120 cm³/mol. The largest absolute Gasteiger partial charge is 0.494 e. The van der Waals surface area contributed by atoms with E-state index in [-0.39, 0.29) is 12.5 Å². The Morgan fingerprint density at radius 1 is 1.20 bits per heavy atom. The van der Waals surface area contributed by atoms with Gasteiger partial charge in [-0.2, -0.15) is 0 Å². The van der Waals surface area contributed by atoms with Gasteiger partial charge in [-0.1, -0.05) is 40.3 Å². The van der Waals surface area contributed by atoms with Crippen LogP contribution >= 0.6 is 22.9 Å². The summed E-state index contributed by atoms with van der Waals surface area (Å²) in [5, 5.41) is 9.43. The number of aromatic nitrogens is 4. The molecule has 4 rings (SSSR count). The van der Waals surface area contributed by atoms with Gasteiger partial charge in [0, 0.05) is 13.1 Å². The second-order valence-electron chi connectivity index (χ2n) is 7.01. The number of para-hydroxylation sites is 1. The average molecular weight is 445 g/mol. The third-order valence-corrected chi connectivity index (χ3v) is 6.21. The van der Waals surface area contributed by atoms with Crippen molar-refractivity contribution in [2.45, 2.75) is 6.54 Å². The van der Waals surface area contributed by atoms with Gasteiger partial charge in [0.05, 0.1) is 22.3 Å². The molecule has 0 bridgehead atoms. The molecule has 2 aromatic heterocycles. The van der Waals surface area contributed by atoms with Gasteiger partial charge in [-0.25, -0.2) is 9.67 Å². The molecule has 0 aliphatic carbocycles. The molecule has 0 N–H and O–H groups in total. The van der Waals surface area contributed by atoms with E-state index in [9.17, 15) is 4.79 Å². The molecule has 156 valence electrons. The summed E-state index contributed by atoms with van der Waals surface area (Å²) in [7, 11) is 5.52. The van der Waals surface area contributed by atoms with Crippen LogP contribution in [0.2, 0.25) is 5.02 Å². The Morgan fingerprint density at radius 2 is 2.00 bits per heavy atom. The molecule has 0 unspecified atom stereocenters. The lowest BCUT2D eigenvalue weighted by molar-refractivity contribution is -0.119. The lowest BCUT2D eigenvalue weighted by atomic mass is 10.3. The summed E-state index contributed by atoms with van der Waals surface area (Å²) in [5.41, 5.74) is 2.22. The van der Waals surface area contributed by atoms with Crippen LogP contribution < -0.4 is 9.64 Å². The average Bonchev–Trinajstić information content (AvgIpc) is 3.34. The lowest BCUT2D eigenvalue weighted by Crippen LogP contribution is -2.38. The first-order valence-electron chi connectivity index (χ1n) is 9.34. The summed E-state index contributed by atoms with van der Waals surface area (Å²) < 4.78 is 7.82. The van der Waals surface area contributed by atoms with E-state index in [1.165, 1.54) is 11.3 Å². The summed E-state index contributed by atoms with van der Waals surface area (Å²) in [4.78, 5) is 21.7. The van der Waals surface area contributed by atoms with E-state index in [0.29, 0.717) is 34.5 Å². The van der Waals surface area contributed by atoms with E-state index < -0.39 is 0 Å². The Bertz CT molecular complexity index is 1200. The number of hydrogen-bond donors (Lipinski definition) is 0. The SMILES string of the molecule is COc1ccc(Cl)c2sc(N(CCN(C)C)C(=O)Cn3nnc4ccccc43)nc12. The number of carbonyl (C=O) groups is 1. The highest BCUT2D eigenvalue weighted by atomic mass is 35.5. The molecule has 0 aliphatic rings. The second-order valence-corrected chi connectivity index (χ2v) is 8.39. The van der Waals surface area contributed by atoms with Crippen LogP contribution in [0.1, 0.15) is 0 Å². The maximum atomic E-state index is 13.3. The number of rotatable bonds is 7. The molecule has 0 atom stereocenters. The van der Waals surface area contributed by atoms with E-state index in [4.69, 9.17) is 16.3 Å². The van der Waals surface area contributed by atoms with Crippen LogP contribution in [0.25, 0.3) is 21.3 Å². The van der Waals surface area contributed by atoms with Gasteiger partial charge in [-0.3, -0.25) is 9.69 Å². The van der Waals surface area contributed by atoms with Crippen molar-refractivity contribution in [3.8, 4) is 5.75 Å². The minimum absolute atomic E-state index is 0.0642. The molecular weight excluding hydrogens is 424 g/mol. The number of nitrogens with zero attached hydrogens (tertiary/aromatic N) is 6. The van der Waals surface area contributed by atoms with Crippen LogP contribution in [0.3, 0.4) is 0 Å². The number of anilines is 1. The van der Waals surface area contributed by atoms with Crippen molar-refractivity contribution >= 4 is 55.2 Å². The Balaban J connectivity index is 1.70. The Labute approximate surface area is 182 Å². The molecule has 0 radical (unpaired) electrons. The van der Waals surface area contributed by atoms with Gasteiger partial charge >= 0.3 is 0 Å². The summed E-state index contributed by atoms with van der Waals surface area (Å²) in [6.45, 7) is 1.23. The van der Waals surface area contributed by atoms with Crippen LogP contribution in [0.15, 0.2) is 36.4 Å². The number of hydrogen-bond acceptors (Lipinski definition) is 7. The van der Waals surface area contributed by atoms with Crippen molar-refractivity contribution in [3.05, 3.63) is 41.4 Å².